The van der Waals surface area contributed by atoms with Crippen molar-refractivity contribution < 1.29 is 28.6 Å². The maximum atomic E-state index is 12.6. The molecule has 0 saturated heterocycles. The summed E-state index contributed by atoms with van der Waals surface area (Å²) in [6.07, 6.45) is 42.7. The van der Waals surface area contributed by atoms with Crippen LogP contribution in [0.4, 0.5) is 0 Å². The van der Waals surface area contributed by atoms with Gasteiger partial charge in [-0.2, -0.15) is 0 Å². The van der Waals surface area contributed by atoms with Crippen LogP contribution in [0.25, 0.3) is 0 Å². The van der Waals surface area contributed by atoms with Crippen molar-refractivity contribution in [1.82, 2.24) is 0 Å². The molecule has 0 saturated carbocycles. The summed E-state index contributed by atoms with van der Waals surface area (Å²) in [6.45, 7) is 6.43. The molecule has 1 atom stereocenters. The average molecular weight is 703 g/mol. The van der Waals surface area contributed by atoms with E-state index in [2.05, 4.69) is 57.2 Å². The topological polar surface area (TPSA) is 78.9 Å². The SMILES string of the molecule is CC/C=C\C/C=C\CCCCCCCC(=O)OCC(COC(=O)CCCCCCCCCCCC)OC(=O)CCCCCC/C=C\CCCC. The molecule has 6 nitrogen and oxygen atoms in total. The summed E-state index contributed by atoms with van der Waals surface area (Å²) < 4.78 is 16.6. The summed E-state index contributed by atoms with van der Waals surface area (Å²) in [5, 5.41) is 0. The van der Waals surface area contributed by atoms with Crippen LogP contribution in [0.2, 0.25) is 0 Å². The van der Waals surface area contributed by atoms with Gasteiger partial charge in [0.1, 0.15) is 13.2 Å². The minimum absolute atomic E-state index is 0.0800. The Morgan fingerprint density at radius 1 is 0.420 bits per heavy atom. The number of esters is 3. The van der Waals surface area contributed by atoms with Crippen LogP contribution in [-0.4, -0.2) is 37.2 Å². The first-order valence-corrected chi connectivity index (χ1v) is 21.0. The van der Waals surface area contributed by atoms with E-state index in [1.807, 2.05) is 0 Å². The molecule has 0 aliphatic heterocycles. The summed E-state index contributed by atoms with van der Waals surface area (Å²) in [5.74, 6) is -0.914. The molecule has 0 aromatic carbocycles. The van der Waals surface area contributed by atoms with Gasteiger partial charge >= 0.3 is 17.9 Å². The van der Waals surface area contributed by atoms with Gasteiger partial charge < -0.3 is 14.2 Å². The van der Waals surface area contributed by atoms with Gasteiger partial charge in [-0.3, -0.25) is 14.4 Å². The molecule has 6 heteroatoms. The highest BCUT2D eigenvalue weighted by Crippen LogP contribution is 2.13. The second-order valence-electron chi connectivity index (χ2n) is 13.9. The number of rotatable bonds is 37. The highest BCUT2D eigenvalue weighted by molar-refractivity contribution is 5.71. The third-order valence-corrected chi connectivity index (χ3v) is 8.88. The first-order valence-electron chi connectivity index (χ1n) is 21.0. The largest absolute Gasteiger partial charge is 0.462 e. The zero-order chi connectivity index (χ0) is 36.6. The van der Waals surface area contributed by atoms with Gasteiger partial charge in [-0.25, -0.2) is 0 Å². The van der Waals surface area contributed by atoms with E-state index < -0.39 is 6.10 Å². The summed E-state index contributed by atoms with van der Waals surface area (Å²) in [7, 11) is 0. The molecule has 0 heterocycles. The Hall–Kier alpha value is -2.37. The summed E-state index contributed by atoms with van der Waals surface area (Å²) in [6, 6.07) is 0. The molecule has 0 bridgehead atoms. The number of hydrogen-bond acceptors (Lipinski definition) is 6. The summed E-state index contributed by atoms with van der Waals surface area (Å²) in [4.78, 5) is 37.5. The van der Waals surface area contributed by atoms with Crippen molar-refractivity contribution in [3.8, 4) is 0 Å². The molecule has 0 aromatic heterocycles. The zero-order valence-corrected chi connectivity index (χ0v) is 32.9. The highest BCUT2D eigenvalue weighted by Gasteiger charge is 2.19. The van der Waals surface area contributed by atoms with Gasteiger partial charge in [-0.05, 0) is 64.2 Å². The van der Waals surface area contributed by atoms with Crippen LogP contribution in [0.1, 0.15) is 207 Å². The van der Waals surface area contributed by atoms with Crippen LogP contribution in [-0.2, 0) is 28.6 Å². The van der Waals surface area contributed by atoms with Crippen LogP contribution < -0.4 is 0 Å². The quantitative estimate of drug-likeness (QED) is 0.0277. The van der Waals surface area contributed by atoms with Crippen molar-refractivity contribution in [2.75, 3.05) is 13.2 Å². The summed E-state index contributed by atoms with van der Waals surface area (Å²) >= 11 is 0. The van der Waals surface area contributed by atoms with E-state index in [-0.39, 0.29) is 31.1 Å². The lowest BCUT2D eigenvalue weighted by Crippen LogP contribution is -2.30. The standard InChI is InChI=1S/C44H78O6/c1-4-7-10-13-16-19-22-23-26-28-31-34-37-43(46)49-40-41(50-44(47)38-35-32-29-25-21-18-15-12-9-6-3)39-48-42(45)36-33-30-27-24-20-17-14-11-8-5-2/h7,10,15-16,18-19,41H,4-6,8-9,11-14,17,20-40H2,1-3H3/b10-7-,18-15-,19-16-. The van der Waals surface area contributed by atoms with Crippen molar-refractivity contribution in [1.29, 1.82) is 0 Å². The lowest BCUT2D eigenvalue weighted by Gasteiger charge is -2.18. The summed E-state index contributed by atoms with van der Waals surface area (Å²) in [5.41, 5.74) is 0. The first-order chi connectivity index (χ1) is 24.5. The molecule has 0 aliphatic rings. The van der Waals surface area contributed by atoms with Gasteiger partial charge in [0, 0.05) is 19.3 Å². The molecule has 0 rings (SSSR count). The fraction of sp³-hybridized carbons (Fsp3) is 0.795. The molecule has 0 spiro atoms. The van der Waals surface area contributed by atoms with Crippen LogP contribution in [0.3, 0.4) is 0 Å². The van der Waals surface area contributed by atoms with Crippen molar-refractivity contribution >= 4 is 17.9 Å². The molecular weight excluding hydrogens is 624 g/mol. The van der Waals surface area contributed by atoms with Crippen LogP contribution in [0.5, 0.6) is 0 Å². The first kappa shape index (κ1) is 47.6. The third kappa shape index (κ3) is 36.9. The van der Waals surface area contributed by atoms with Crippen LogP contribution in [0.15, 0.2) is 36.5 Å². The van der Waals surface area contributed by atoms with Gasteiger partial charge in [-0.1, -0.05) is 160 Å². The van der Waals surface area contributed by atoms with Crippen molar-refractivity contribution in [2.45, 2.75) is 213 Å². The molecule has 0 aromatic rings. The van der Waals surface area contributed by atoms with Gasteiger partial charge in [0.05, 0.1) is 0 Å². The minimum atomic E-state index is -0.776. The normalized spacial score (nSPS) is 12.3. The van der Waals surface area contributed by atoms with E-state index in [1.54, 1.807) is 0 Å². The van der Waals surface area contributed by atoms with Crippen LogP contribution in [0, 0.1) is 0 Å². The number of carbonyl (C=O) groups is 3. The second-order valence-corrected chi connectivity index (χ2v) is 13.9. The predicted octanol–water partition coefficient (Wildman–Crippen LogP) is 13.0. The fourth-order valence-corrected chi connectivity index (χ4v) is 5.69. The molecule has 0 radical (unpaired) electrons. The molecule has 0 aliphatic carbocycles. The molecule has 1 unspecified atom stereocenters. The van der Waals surface area contributed by atoms with Crippen molar-refractivity contribution in [3.63, 3.8) is 0 Å². The smallest absolute Gasteiger partial charge is 0.306 e. The van der Waals surface area contributed by atoms with Gasteiger partial charge in [0.15, 0.2) is 6.10 Å². The van der Waals surface area contributed by atoms with E-state index in [1.165, 1.54) is 64.2 Å². The van der Waals surface area contributed by atoms with E-state index in [9.17, 15) is 14.4 Å². The lowest BCUT2D eigenvalue weighted by molar-refractivity contribution is -0.167. The Morgan fingerprint density at radius 2 is 0.800 bits per heavy atom. The predicted molar refractivity (Wildman–Crippen MR) is 210 cm³/mol. The molecule has 50 heavy (non-hydrogen) atoms. The Balaban J connectivity index is 4.40. The number of allylic oxidation sites excluding steroid dienone is 6. The molecule has 0 N–H and O–H groups in total. The van der Waals surface area contributed by atoms with Crippen molar-refractivity contribution in [2.24, 2.45) is 0 Å². The second kappa shape index (κ2) is 39.4. The molecule has 290 valence electrons. The number of unbranched alkanes of at least 4 members (excludes halogenated alkanes) is 20. The minimum Gasteiger partial charge on any atom is -0.462 e. The van der Waals surface area contributed by atoms with E-state index in [0.29, 0.717) is 19.3 Å². The Bertz CT molecular complexity index is 861. The third-order valence-electron chi connectivity index (χ3n) is 8.88. The average Bonchev–Trinajstić information content (AvgIpc) is 3.11. The van der Waals surface area contributed by atoms with Crippen molar-refractivity contribution in [3.05, 3.63) is 36.5 Å². The van der Waals surface area contributed by atoms with E-state index >= 15 is 0 Å². The number of ether oxygens (including phenoxy) is 3. The lowest BCUT2D eigenvalue weighted by atomic mass is 10.1. The number of carbonyl (C=O) groups excluding carboxylic acids is 3. The van der Waals surface area contributed by atoms with Gasteiger partial charge in [0.25, 0.3) is 0 Å². The maximum Gasteiger partial charge on any atom is 0.306 e. The van der Waals surface area contributed by atoms with E-state index in [4.69, 9.17) is 14.2 Å². The fourth-order valence-electron chi connectivity index (χ4n) is 5.69. The number of hydrogen-bond donors (Lipinski definition) is 0. The van der Waals surface area contributed by atoms with Gasteiger partial charge in [-0.15, -0.1) is 0 Å². The van der Waals surface area contributed by atoms with Crippen LogP contribution >= 0.6 is 0 Å². The molecular formula is C44H78O6. The maximum absolute atomic E-state index is 12.6. The Kier molecular flexibility index (Phi) is 37.5. The Labute approximate surface area is 308 Å². The Morgan fingerprint density at radius 3 is 1.28 bits per heavy atom. The highest BCUT2D eigenvalue weighted by atomic mass is 16.6. The zero-order valence-electron chi connectivity index (χ0n) is 32.9. The molecule has 0 fully saturated rings. The van der Waals surface area contributed by atoms with Gasteiger partial charge in [0.2, 0.25) is 0 Å². The monoisotopic (exact) mass is 703 g/mol. The van der Waals surface area contributed by atoms with E-state index in [0.717, 1.165) is 103 Å². The molecule has 0 amide bonds.